The summed E-state index contributed by atoms with van der Waals surface area (Å²) >= 11 is 0. The number of hydrogen-bond acceptors (Lipinski definition) is 6. The maximum absolute atomic E-state index is 14.5. The molecule has 194 valence electrons. The number of nitrogens with two attached hydrogens (primary N) is 1. The van der Waals surface area contributed by atoms with Crippen LogP contribution in [0.2, 0.25) is 0 Å². The zero-order valence-corrected chi connectivity index (χ0v) is 20.2. The van der Waals surface area contributed by atoms with Crippen LogP contribution in [0.1, 0.15) is 16.7 Å². The van der Waals surface area contributed by atoms with E-state index in [1.165, 1.54) is 21.9 Å². The van der Waals surface area contributed by atoms with Crippen molar-refractivity contribution in [3.05, 3.63) is 118 Å². The lowest BCUT2D eigenvalue weighted by atomic mass is 9.67. The molecule has 3 aliphatic rings. The second-order valence-corrected chi connectivity index (χ2v) is 9.30. The molecule has 0 bridgehead atoms. The third-order valence-electron chi connectivity index (χ3n) is 7.24. The number of amides is 1. The molecule has 3 aromatic carbocycles. The van der Waals surface area contributed by atoms with E-state index in [2.05, 4.69) is 0 Å². The highest BCUT2D eigenvalue weighted by atomic mass is 19.4. The number of halogens is 3. The molecule has 0 aliphatic carbocycles. The van der Waals surface area contributed by atoms with Crippen molar-refractivity contribution in [3.8, 4) is 6.07 Å². The van der Waals surface area contributed by atoms with Crippen molar-refractivity contribution in [1.82, 2.24) is 0 Å². The first-order chi connectivity index (χ1) is 18.7. The minimum absolute atomic E-state index is 0.0180. The number of para-hydroxylation sites is 1. The Bertz CT molecular complexity index is 1660. The number of nitrogens with zero attached hydrogens (tertiary/aromatic N) is 3. The van der Waals surface area contributed by atoms with E-state index in [1.54, 1.807) is 24.3 Å². The molecule has 6 rings (SSSR count). The number of ether oxygens (including phenoxy) is 1. The van der Waals surface area contributed by atoms with Gasteiger partial charge < -0.3 is 15.4 Å². The number of anilines is 2. The van der Waals surface area contributed by atoms with Crippen LogP contribution in [0.4, 0.5) is 24.5 Å². The zero-order valence-electron chi connectivity index (χ0n) is 20.2. The molecule has 3 heterocycles. The largest absolute Gasteiger partial charge is 0.456 e. The van der Waals surface area contributed by atoms with Gasteiger partial charge in [-0.15, -0.1) is 0 Å². The average Bonchev–Trinajstić information content (AvgIpc) is 3.41. The fraction of sp³-hybridized carbons (Fsp3) is 0.138. The van der Waals surface area contributed by atoms with E-state index in [0.29, 0.717) is 11.3 Å². The summed E-state index contributed by atoms with van der Waals surface area (Å²) in [6.07, 6.45) is -4.64. The highest BCUT2D eigenvalue weighted by Gasteiger charge is 2.64. The fourth-order valence-corrected chi connectivity index (χ4v) is 5.63. The third kappa shape index (κ3) is 3.36. The lowest BCUT2D eigenvalue weighted by molar-refractivity contribution is -0.138. The molecule has 10 heteroatoms. The molecule has 39 heavy (non-hydrogen) atoms. The Balaban J connectivity index is 1.60. The number of alkyl halides is 3. The highest BCUT2D eigenvalue weighted by Crippen LogP contribution is 2.56. The van der Waals surface area contributed by atoms with Crippen LogP contribution >= 0.6 is 0 Å². The van der Waals surface area contributed by atoms with Gasteiger partial charge in [-0.05, 0) is 29.8 Å². The van der Waals surface area contributed by atoms with Crippen LogP contribution in [0.25, 0.3) is 0 Å². The molecule has 3 aromatic rings. The third-order valence-corrected chi connectivity index (χ3v) is 7.24. The number of carbonyl (C=O) groups excluding carboxylic acids is 2. The van der Waals surface area contributed by atoms with Crippen LogP contribution in [0.15, 0.2) is 102 Å². The van der Waals surface area contributed by atoms with Crippen LogP contribution in [-0.4, -0.2) is 18.5 Å². The maximum Gasteiger partial charge on any atom is 0.416 e. The Labute approximate surface area is 220 Å². The quantitative estimate of drug-likeness (QED) is 0.502. The standard InChI is InChI=1S/C29H19F3N4O3/c30-29(31,32)18-9-6-10-19(13-18)36-23-16-39-26(37)24(23)28(21(14-33)25(36)34)20-11-4-5-12-22(20)35(27(28)38)15-17-7-2-1-3-8-17/h1-13H,15-16,34H2/t28-/m1/s1. The molecule has 0 saturated heterocycles. The number of fused-ring (bicyclic) bond motifs is 3. The lowest BCUT2D eigenvalue weighted by Gasteiger charge is -2.38. The van der Waals surface area contributed by atoms with E-state index in [1.807, 2.05) is 36.4 Å². The molecule has 1 spiro atoms. The Morgan fingerprint density at radius 3 is 2.44 bits per heavy atom. The number of hydrogen-bond donors (Lipinski definition) is 1. The number of nitriles is 1. The van der Waals surface area contributed by atoms with Gasteiger partial charge in [0.2, 0.25) is 5.91 Å². The topological polar surface area (TPSA) is 99.7 Å². The molecule has 0 aromatic heterocycles. The molecule has 0 fully saturated rings. The van der Waals surface area contributed by atoms with E-state index >= 15 is 0 Å². The number of benzene rings is 3. The summed E-state index contributed by atoms with van der Waals surface area (Å²) < 4.78 is 45.9. The van der Waals surface area contributed by atoms with Crippen molar-refractivity contribution in [2.24, 2.45) is 5.73 Å². The van der Waals surface area contributed by atoms with Crippen molar-refractivity contribution in [3.63, 3.8) is 0 Å². The first kappa shape index (κ1) is 24.3. The summed E-state index contributed by atoms with van der Waals surface area (Å²) in [7, 11) is 0. The van der Waals surface area contributed by atoms with Crippen molar-refractivity contribution in [1.29, 1.82) is 5.26 Å². The Hall–Kier alpha value is -5.04. The molecule has 0 unspecified atom stereocenters. The van der Waals surface area contributed by atoms with Crippen LogP contribution in [0, 0.1) is 11.3 Å². The van der Waals surface area contributed by atoms with E-state index in [4.69, 9.17) is 10.5 Å². The smallest absolute Gasteiger partial charge is 0.416 e. The predicted octanol–water partition coefficient (Wildman–Crippen LogP) is 4.51. The van der Waals surface area contributed by atoms with Crippen molar-refractivity contribution >= 4 is 23.3 Å². The summed E-state index contributed by atoms with van der Waals surface area (Å²) in [4.78, 5) is 30.5. The number of carbonyl (C=O) groups is 2. The van der Waals surface area contributed by atoms with Crippen LogP contribution < -0.4 is 15.5 Å². The fourth-order valence-electron chi connectivity index (χ4n) is 5.63. The summed E-state index contributed by atoms with van der Waals surface area (Å²) in [6, 6.07) is 22.4. The van der Waals surface area contributed by atoms with Gasteiger partial charge in [-0.25, -0.2) is 4.79 Å². The SMILES string of the molecule is N#CC1=C(N)N(c2cccc(C(F)(F)F)c2)C2=C(C(=O)OC2)[C@]12C(=O)N(Cc1ccccc1)c1ccccc12. The van der Waals surface area contributed by atoms with Gasteiger partial charge in [-0.2, -0.15) is 18.4 Å². The van der Waals surface area contributed by atoms with E-state index in [9.17, 15) is 28.0 Å². The van der Waals surface area contributed by atoms with Crippen LogP contribution in [0.5, 0.6) is 0 Å². The predicted molar refractivity (Wildman–Crippen MR) is 134 cm³/mol. The molecule has 0 radical (unpaired) electrons. The van der Waals surface area contributed by atoms with Gasteiger partial charge in [0.05, 0.1) is 29.0 Å². The maximum atomic E-state index is 14.5. The van der Waals surface area contributed by atoms with Crippen molar-refractivity contribution in [2.75, 3.05) is 16.4 Å². The van der Waals surface area contributed by atoms with E-state index < -0.39 is 29.0 Å². The van der Waals surface area contributed by atoms with E-state index in [-0.39, 0.29) is 41.5 Å². The van der Waals surface area contributed by atoms with Gasteiger partial charge >= 0.3 is 12.1 Å². The van der Waals surface area contributed by atoms with Crippen LogP contribution in [-0.2, 0) is 32.5 Å². The summed E-state index contributed by atoms with van der Waals surface area (Å²) in [5.74, 6) is -1.66. The van der Waals surface area contributed by atoms with Crippen molar-refractivity contribution in [2.45, 2.75) is 18.1 Å². The Kier molecular flexibility index (Phi) is 5.29. The van der Waals surface area contributed by atoms with E-state index in [0.717, 1.165) is 17.7 Å². The minimum atomic E-state index is -4.64. The molecular weight excluding hydrogens is 509 g/mol. The molecule has 2 N–H and O–H groups in total. The van der Waals surface area contributed by atoms with Gasteiger partial charge in [-0.1, -0.05) is 54.6 Å². The number of esters is 1. The Morgan fingerprint density at radius 1 is 1.00 bits per heavy atom. The first-order valence-corrected chi connectivity index (χ1v) is 11.9. The summed E-state index contributed by atoms with van der Waals surface area (Å²) in [6.45, 7) is -0.175. The van der Waals surface area contributed by atoms with Gasteiger partial charge in [0.25, 0.3) is 0 Å². The summed E-state index contributed by atoms with van der Waals surface area (Å²) in [5, 5.41) is 10.4. The van der Waals surface area contributed by atoms with Gasteiger partial charge in [0.1, 0.15) is 23.9 Å². The second kappa shape index (κ2) is 8.49. The number of rotatable bonds is 3. The Morgan fingerprint density at radius 2 is 1.72 bits per heavy atom. The number of cyclic esters (lactones) is 1. The molecule has 0 saturated carbocycles. The molecular formula is C29H19F3N4O3. The normalized spacial score (nSPS) is 20.4. The first-order valence-electron chi connectivity index (χ1n) is 11.9. The van der Waals surface area contributed by atoms with Gasteiger partial charge in [0, 0.05) is 16.9 Å². The molecule has 1 atom stereocenters. The lowest BCUT2D eigenvalue weighted by Crippen LogP contribution is -2.50. The minimum Gasteiger partial charge on any atom is -0.456 e. The van der Waals surface area contributed by atoms with Crippen molar-refractivity contribution < 1.29 is 27.5 Å². The monoisotopic (exact) mass is 528 g/mol. The zero-order chi connectivity index (χ0) is 27.5. The average molecular weight is 528 g/mol. The highest BCUT2D eigenvalue weighted by molar-refractivity contribution is 6.19. The second-order valence-electron chi connectivity index (χ2n) is 9.30. The molecule has 7 nitrogen and oxygen atoms in total. The van der Waals surface area contributed by atoms with Gasteiger partial charge in [-0.3, -0.25) is 9.69 Å². The molecule has 3 aliphatic heterocycles. The van der Waals surface area contributed by atoms with Gasteiger partial charge in [0.15, 0.2) is 0 Å². The summed E-state index contributed by atoms with van der Waals surface area (Å²) in [5.41, 5.74) is 5.08. The van der Waals surface area contributed by atoms with Crippen LogP contribution in [0.3, 0.4) is 0 Å². The molecule has 1 amide bonds.